The van der Waals surface area contributed by atoms with Crippen molar-refractivity contribution >= 4 is 21.8 Å². The van der Waals surface area contributed by atoms with Crippen molar-refractivity contribution in [2.24, 2.45) is 0 Å². The highest BCUT2D eigenvalue weighted by Gasteiger charge is 2.07. The van der Waals surface area contributed by atoms with Gasteiger partial charge in [0.05, 0.1) is 18.9 Å². The number of methoxy groups -OCH3 is 1. The van der Waals surface area contributed by atoms with E-state index in [9.17, 15) is 17.6 Å². The summed E-state index contributed by atoms with van der Waals surface area (Å²) in [6, 6.07) is 5.47. The van der Waals surface area contributed by atoms with Crippen LogP contribution in [-0.2, 0) is 14.8 Å². The predicted molar refractivity (Wildman–Crippen MR) is 64.8 cm³/mol. The SMILES string of the molecule is COC(=O)c1ccc(/C(F)=C\NS(C)(=O)=O)cc1. The smallest absolute Gasteiger partial charge is 0.337 e. The second-order valence-corrected chi connectivity index (χ2v) is 5.23. The van der Waals surface area contributed by atoms with Crippen LogP contribution in [0.5, 0.6) is 0 Å². The van der Waals surface area contributed by atoms with Crippen molar-refractivity contribution in [2.75, 3.05) is 13.4 Å². The zero-order valence-electron chi connectivity index (χ0n) is 9.81. The Labute approximate surface area is 104 Å². The lowest BCUT2D eigenvalue weighted by Gasteiger charge is -2.02. The molecule has 18 heavy (non-hydrogen) atoms. The van der Waals surface area contributed by atoms with Crippen LogP contribution in [0, 0.1) is 0 Å². The zero-order chi connectivity index (χ0) is 13.8. The Hall–Kier alpha value is -1.89. The van der Waals surface area contributed by atoms with Crippen molar-refractivity contribution in [1.82, 2.24) is 4.72 Å². The number of rotatable bonds is 4. The number of carbonyl (C=O) groups is 1. The third kappa shape index (κ3) is 4.17. The molecule has 0 radical (unpaired) electrons. The van der Waals surface area contributed by atoms with Crippen LogP contribution in [0.4, 0.5) is 4.39 Å². The van der Waals surface area contributed by atoms with Gasteiger partial charge in [0.2, 0.25) is 10.0 Å². The van der Waals surface area contributed by atoms with Crippen LogP contribution in [0.2, 0.25) is 0 Å². The van der Waals surface area contributed by atoms with Crippen molar-refractivity contribution in [3.63, 3.8) is 0 Å². The van der Waals surface area contributed by atoms with Crippen LogP contribution in [0.3, 0.4) is 0 Å². The number of benzene rings is 1. The molecule has 1 aromatic rings. The molecule has 7 heteroatoms. The lowest BCUT2D eigenvalue weighted by molar-refractivity contribution is 0.0600. The van der Waals surface area contributed by atoms with Crippen LogP contribution in [0.1, 0.15) is 15.9 Å². The van der Waals surface area contributed by atoms with E-state index in [4.69, 9.17) is 0 Å². The Morgan fingerprint density at radius 1 is 1.28 bits per heavy atom. The van der Waals surface area contributed by atoms with E-state index in [-0.39, 0.29) is 11.1 Å². The monoisotopic (exact) mass is 273 g/mol. The summed E-state index contributed by atoms with van der Waals surface area (Å²) in [4.78, 5) is 11.1. The molecular formula is C11H12FNO4S. The molecule has 1 rings (SSSR count). The molecule has 98 valence electrons. The van der Waals surface area contributed by atoms with E-state index < -0.39 is 21.8 Å². The number of hydrogen-bond acceptors (Lipinski definition) is 4. The molecule has 0 atom stereocenters. The molecule has 0 unspecified atom stereocenters. The minimum absolute atomic E-state index is 0.152. The zero-order valence-corrected chi connectivity index (χ0v) is 10.6. The first kappa shape index (κ1) is 14.2. The first-order chi connectivity index (χ1) is 8.33. The minimum atomic E-state index is -3.49. The summed E-state index contributed by atoms with van der Waals surface area (Å²) in [5.41, 5.74) is 0.434. The summed E-state index contributed by atoms with van der Waals surface area (Å²) in [6.45, 7) is 0. The highest BCUT2D eigenvalue weighted by molar-refractivity contribution is 7.88. The van der Waals surface area contributed by atoms with E-state index in [2.05, 4.69) is 4.74 Å². The molecule has 5 nitrogen and oxygen atoms in total. The van der Waals surface area contributed by atoms with Gasteiger partial charge in [-0.2, -0.15) is 0 Å². The van der Waals surface area contributed by atoms with Gasteiger partial charge in [0, 0.05) is 11.8 Å². The average Bonchev–Trinajstić information content (AvgIpc) is 2.34. The number of esters is 1. The first-order valence-corrected chi connectivity index (χ1v) is 6.74. The summed E-state index contributed by atoms with van der Waals surface area (Å²) in [5, 5.41) is 0. The molecule has 0 spiro atoms. The Balaban J connectivity index is 2.88. The molecule has 1 aromatic carbocycles. The van der Waals surface area contributed by atoms with Gasteiger partial charge in [-0.3, -0.25) is 4.72 Å². The third-order valence-corrected chi connectivity index (χ3v) is 2.53. The molecular weight excluding hydrogens is 261 g/mol. The molecule has 0 saturated heterocycles. The fraction of sp³-hybridized carbons (Fsp3) is 0.182. The van der Waals surface area contributed by atoms with E-state index in [1.54, 1.807) is 0 Å². The fourth-order valence-electron chi connectivity index (χ4n) is 1.13. The van der Waals surface area contributed by atoms with E-state index >= 15 is 0 Å². The molecule has 0 bridgehead atoms. The van der Waals surface area contributed by atoms with E-state index in [1.165, 1.54) is 31.4 Å². The number of sulfonamides is 1. The number of hydrogen-bond donors (Lipinski definition) is 1. The van der Waals surface area contributed by atoms with Crippen LogP contribution in [-0.4, -0.2) is 27.8 Å². The Bertz CT molecular complexity index is 563. The molecule has 0 saturated carbocycles. The minimum Gasteiger partial charge on any atom is -0.465 e. The lowest BCUT2D eigenvalue weighted by atomic mass is 10.1. The molecule has 0 amide bonds. The summed E-state index contributed by atoms with van der Waals surface area (Å²) < 4.78 is 41.4. The van der Waals surface area contributed by atoms with Crippen molar-refractivity contribution in [3.05, 3.63) is 41.6 Å². The van der Waals surface area contributed by atoms with Crippen LogP contribution >= 0.6 is 0 Å². The molecule has 1 N–H and O–H groups in total. The third-order valence-electron chi connectivity index (χ3n) is 1.98. The number of ether oxygens (including phenoxy) is 1. The summed E-state index contributed by atoms with van der Waals surface area (Å²) in [5.74, 6) is -1.28. The van der Waals surface area contributed by atoms with Crippen LogP contribution < -0.4 is 4.72 Å². The van der Waals surface area contributed by atoms with Gasteiger partial charge in [0.25, 0.3) is 0 Å². The fourth-order valence-corrected chi connectivity index (χ4v) is 1.44. The van der Waals surface area contributed by atoms with Crippen molar-refractivity contribution in [2.45, 2.75) is 0 Å². The number of halogens is 1. The van der Waals surface area contributed by atoms with Crippen molar-refractivity contribution in [1.29, 1.82) is 0 Å². The topological polar surface area (TPSA) is 72.5 Å². The maximum absolute atomic E-state index is 13.5. The molecule has 0 aromatic heterocycles. The second-order valence-electron chi connectivity index (χ2n) is 3.45. The normalized spacial score (nSPS) is 12.1. The second kappa shape index (κ2) is 5.63. The van der Waals surface area contributed by atoms with Gasteiger partial charge in [-0.25, -0.2) is 17.6 Å². The highest BCUT2D eigenvalue weighted by Crippen LogP contribution is 2.16. The maximum Gasteiger partial charge on any atom is 0.337 e. The van der Waals surface area contributed by atoms with Crippen LogP contribution in [0.15, 0.2) is 30.5 Å². The van der Waals surface area contributed by atoms with Gasteiger partial charge in [-0.15, -0.1) is 0 Å². The van der Waals surface area contributed by atoms with Gasteiger partial charge in [-0.05, 0) is 12.1 Å². The van der Waals surface area contributed by atoms with E-state index in [0.29, 0.717) is 0 Å². The Morgan fingerprint density at radius 3 is 2.22 bits per heavy atom. The van der Waals surface area contributed by atoms with Crippen LogP contribution in [0.25, 0.3) is 5.83 Å². The Kier molecular flexibility index (Phi) is 4.43. The predicted octanol–water partition coefficient (Wildman–Crippen LogP) is 1.29. The lowest BCUT2D eigenvalue weighted by Crippen LogP contribution is -2.15. The molecule has 0 aliphatic rings. The number of nitrogens with one attached hydrogen (secondary N) is 1. The molecule has 0 fully saturated rings. The van der Waals surface area contributed by atoms with E-state index in [1.807, 2.05) is 4.72 Å². The largest absolute Gasteiger partial charge is 0.465 e. The van der Waals surface area contributed by atoms with E-state index in [0.717, 1.165) is 12.5 Å². The first-order valence-electron chi connectivity index (χ1n) is 4.85. The van der Waals surface area contributed by atoms with Gasteiger partial charge in [-0.1, -0.05) is 12.1 Å². The van der Waals surface area contributed by atoms with Gasteiger partial charge < -0.3 is 4.74 Å². The molecule has 0 heterocycles. The maximum atomic E-state index is 13.5. The van der Waals surface area contributed by atoms with Gasteiger partial charge in [0.1, 0.15) is 5.83 Å². The summed E-state index contributed by atoms with van der Waals surface area (Å²) in [6.07, 6.45) is 1.65. The highest BCUT2D eigenvalue weighted by atomic mass is 32.2. The average molecular weight is 273 g/mol. The molecule has 0 aliphatic heterocycles. The summed E-state index contributed by atoms with van der Waals surface area (Å²) >= 11 is 0. The molecule has 0 aliphatic carbocycles. The van der Waals surface area contributed by atoms with Gasteiger partial charge >= 0.3 is 5.97 Å². The van der Waals surface area contributed by atoms with Gasteiger partial charge in [0.15, 0.2) is 0 Å². The van der Waals surface area contributed by atoms with Crippen molar-refractivity contribution < 1.29 is 22.3 Å². The van der Waals surface area contributed by atoms with Crippen molar-refractivity contribution in [3.8, 4) is 0 Å². The number of carbonyl (C=O) groups excluding carboxylic acids is 1. The quantitative estimate of drug-likeness (QED) is 0.839. The Morgan fingerprint density at radius 2 is 1.78 bits per heavy atom. The summed E-state index contributed by atoms with van der Waals surface area (Å²) in [7, 11) is -2.25. The standard InChI is InChI=1S/C11H12FNO4S/c1-17-11(14)9-5-3-8(4-6-9)10(12)7-13-18(2,15)16/h3-7,13H,1-2H3/b10-7+.